The summed E-state index contributed by atoms with van der Waals surface area (Å²) in [5.41, 5.74) is 1.22. The number of pyridine rings is 1. The number of piperidine rings is 1. The van der Waals surface area contributed by atoms with Crippen LogP contribution in [0.5, 0.6) is 0 Å². The third-order valence-electron chi connectivity index (χ3n) is 6.37. The molecular formula is C21H26FN3O3. The Kier molecular flexibility index (Phi) is 4.65. The summed E-state index contributed by atoms with van der Waals surface area (Å²) in [5.74, 6) is -1.70. The average Bonchev–Trinajstić information content (AvgIpc) is 2.65. The number of halogens is 1. The normalized spacial score (nSPS) is 20.2. The van der Waals surface area contributed by atoms with E-state index in [9.17, 15) is 14.7 Å². The Morgan fingerprint density at radius 1 is 1.25 bits per heavy atom. The Bertz CT molecular complexity index is 1010. The second-order valence-corrected chi connectivity index (χ2v) is 8.24. The number of aromatic carboxylic acids is 1. The van der Waals surface area contributed by atoms with Gasteiger partial charge >= 0.3 is 5.97 Å². The van der Waals surface area contributed by atoms with Crippen molar-refractivity contribution in [3.63, 3.8) is 0 Å². The van der Waals surface area contributed by atoms with Crippen LogP contribution in [0.25, 0.3) is 10.9 Å². The van der Waals surface area contributed by atoms with Gasteiger partial charge in [-0.15, -0.1) is 0 Å². The summed E-state index contributed by atoms with van der Waals surface area (Å²) in [6.07, 6.45) is 4.83. The van der Waals surface area contributed by atoms with Crippen LogP contribution in [0.1, 0.15) is 48.1 Å². The van der Waals surface area contributed by atoms with Crippen molar-refractivity contribution in [3.05, 3.63) is 39.4 Å². The van der Waals surface area contributed by atoms with Gasteiger partial charge in [0.2, 0.25) is 5.43 Å². The van der Waals surface area contributed by atoms with E-state index < -0.39 is 17.2 Å². The Balaban J connectivity index is 1.89. The highest BCUT2D eigenvalue weighted by molar-refractivity contribution is 5.95. The number of aryl methyl sites for hydroxylation is 1. The number of carbonyl (C=O) groups is 1. The number of hydrogen-bond acceptors (Lipinski definition) is 4. The molecule has 1 fully saturated rings. The summed E-state index contributed by atoms with van der Waals surface area (Å²) in [4.78, 5) is 28.5. The Morgan fingerprint density at radius 3 is 2.54 bits per heavy atom. The van der Waals surface area contributed by atoms with Gasteiger partial charge in [0.1, 0.15) is 11.4 Å². The smallest absolute Gasteiger partial charge is 0.341 e. The van der Waals surface area contributed by atoms with E-state index in [0.29, 0.717) is 23.7 Å². The highest BCUT2D eigenvalue weighted by atomic mass is 19.1. The molecule has 6 nitrogen and oxygen atoms in total. The van der Waals surface area contributed by atoms with E-state index in [4.69, 9.17) is 0 Å². The molecule has 0 amide bonds. The van der Waals surface area contributed by atoms with Crippen molar-refractivity contribution in [2.24, 2.45) is 0 Å². The van der Waals surface area contributed by atoms with Gasteiger partial charge in [0, 0.05) is 42.3 Å². The predicted octanol–water partition coefficient (Wildman–Crippen LogP) is 2.88. The topological polar surface area (TPSA) is 65.8 Å². The van der Waals surface area contributed by atoms with Crippen molar-refractivity contribution < 1.29 is 14.3 Å². The molecule has 0 saturated carbocycles. The molecule has 1 N–H and O–H groups in total. The lowest BCUT2D eigenvalue weighted by atomic mass is 9.92. The van der Waals surface area contributed by atoms with Crippen LogP contribution in [0, 0.1) is 5.82 Å². The second-order valence-electron chi connectivity index (χ2n) is 8.24. The van der Waals surface area contributed by atoms with E-state index in [1.807, 2.05) is 11.5 Å². The molecule has 1 unspecified atom stereocenters. The van der Waals surface area contributed by atoms with Crippen LogP contribution in [0.4, 0.5) is 10.1 Å². The largest absolute Gasteiger partial charge is 0.477 e. The average molecular weight is 387 g/mol. The Morgan fingerprint density at radius 2 is 1.93 bits per heavy atom. The molecule has 2 aliphatic heterocycles. The van der Waals surface area contributed by atoms with Gasteiger partial charge in [-0.2, -0.15) is 0 Å². The van der Waals surface area contributed by atoms with Crippen LogP contribution in [-0.2, 0) is 6.42 Å². The molecule has 2 aromatic rings. The number of hydrogen-bond donors (Lipinski definition) is 1. The molecule has 4 rings (SSSR count). The number of carboxylic acids is 1. The molecule has 1 aromatic carbocycles. The minimum Gasteiger partial charge on any atom is -0.477 e. The first kappa shape index (κ1) is 18.9. The fourth-order valence-electron chi connectivity index (χ4n) is 4.73. The van der Waals surface area contributed by atoms with Gasteiger partial charge in [-0.3, -0.25) is 4.79 Å². The summed E-state index contributed by atoms with van der Waals surface area (Å²) >= 11 is 0. The first-order valence-electron chi connectivity index (χ1n) is 9.84. The van der Waals surface area contributed by atoms with Crippen LogP contribution < -0.4 is 10.3 Å². The Hall–Kier alpha value is -2.41. The molecule has 1 aromatic heterocycles. The summed E-state index contributed by atoms with van der Waals surface area (Å²) in [7, 11) is 4.14. The fraction of sp³-hybridized carbons (Fsp3) is 0.524. The van der Waals surface area contributed by atoms with Crippen molar-refractivity contribution in [3.8, 4) is 0 Å². The minimum atomic E-state index is -1.27. The number of carboxylic acid groups (broad SMARTS) is 1. The molecule has 0 aliphatic carbocycles. The van der Waals surface area contributed by atoms with Crippen molar-refractivity contribution in [1.29, 1.82) is 0 Å². The van der Waals surface area contributed by atoms with E-state index >= 15 is 4.39 Å². The SMILES string of the molecule is CC1CCc2c(N3CCC(N(C)C)CC3)c(F)cc3c(=O)c(C(=O)O)cn1c23. The molecule has 2 aliphatic rings. The van der Waals surface area contributed by atoms with Gasteiger partial charge in [0.25, 0.3) is 0 Å². The molecule has 3 heterocycles. The molecule has 0 bridgehead atoms. The van der Waals surface area contributed by atoms with Crippen LogP contribution in [-0.4, -0.2) is 53.8 Å². The molecule has 0 radical (unpaired) electrons. The second kappa shape index (κ2) is 6.88. The van der Waals surface area contributed by atoms with Crippen LogP contribution in [0.2, 0.25) is 0 Å². The highest BCUT2D eigenvalue weighted by Crippen LogP contribution is 2.39. The zero-order chi connectivity index (χ0) is 20.2. The monoisotopic (exact) mass is 387 g/mol. The summed E-state index contributed by atoms with van der Waals surface area (Å²) in [6, 6.07) is 1.80. The molecule has 0 spiro atoms. The van der Waals surface area contributed by atoms with E-state index in [2.05, 4.69) is 23.9 Å². The quantitative estimate of drug-likeness (QED) is 0.877. The van der Waals surface area contributed by atoms with Gasteiger partial charge in [0.15, 0.2) is 0 Å². The number of nitrogens with zero attached hydrogens (tertiary/aromatic N) is 3. The number of aromatic nitrogens is 1. The number of rotatable bonds is 3. The van der Waals surface area contributed by atoms with E-state index in [1.54, 1.807) is 0 Å². The van der Waals surface area contributed by atoms with Gasteiger partial charge in [0.05, 0.1) is 11.2 Å². The summed E-state index contributed by atoms with van der Waals surface area (Å²) in [5, 5.41) is 9.57. The molecule has 28 heavy (non-hydrogen) atoms. The third-order valence-corrected chi connectivity index (χ3v) is 6.37. The van der Waals surface area contributed by atoms with E-state index in [0.717, 1.165) is 37.9 Å². The van der Waals surface area contributed by atoms with Gasteiger partial charge in [-0.05, 0) is 52.8 Å². The van der Waals surface area contributed by atoms with E-state index in [1.165, 1.54) is 12.3 Å². The fourth-order valence-corrected chi connectivity index (χ4v) is 4.73. The molecule has 150 valence electrons. The first-order valence-corrected chi connectivity index (χ1v) is 9.84. The summed E-state index contributed by atoms with van der Waals surface area (Å²) in [6.45, 7) is 3.54. The minimum absolute atomic E-state index is 0.0616. The van der Waals surface area contributed by atoms with Gasteiger partial charge < -0.3 is 19.5 Å². The lowest BCUT2D eigenvalue weighted by molar-refractivity contribution is 0.0694. The highest BCUT2D eigenvalue weighted by Gasteiger charge is 2.30. The van der Waals surface area contributed by atoms with Crippen LogP contribution >= 0.6 is 0 Å². The van der Waals surface area contributed by atoms with Crippen molar-refractivity contribution in [2.75, 3.05) is 32.1 Å². The van der Waals surface area contributed by atoms with Gasteiger partial charge in [-0.25, -0.2) is 9.18 Å². The van der Waals surface area contributed by atoms with Crippen molar-refractivity contribution >= 4 is 22.6 Å². The lowest BCUT2D eigenvalue weighted by Crippen LogP contribution is -2.42. The van der Waals surface area contributed by atoms with Crippen LogP contribution in [0.3, 0.4) is 0 Å². The lowest BCUT2D eigenvalue weighted by Gasteiger charge is -2.38. The summed E-state index contributed by atoms with van der Waals surface area (Å²) < 4.78 is 17.1. The Labute approximate surface area is 163 Å². The zero-order valence-corrected chi connectivity index (χ0v) is 16.5. The first-order chi connectivity index (χ1) is 13.3. The maximum atomic E-state index is 15.2. The number of benzene rings is 1. The molecule has 1 atom stereocenters. The molecular weight excluding hydrogens is 361 g/mol. The van der Waals surface area contributed by atoms with Crippen molar-refractivity contribution in [2.45, 2.75) is 44.7 Å². The molecule has 7 heteroatoms. The van der Waals surface area contributed by atoms with E-state index in [-0.39, 0.29) is 17.0 Å². The van der Waals surface area contributed by atoms with Crippen LogP contribution in [0.15, 0.2) is 17.1 Å². The van der Waals surface area contributed by atoms with Crippen molar-refractivity contribution in [1.82, 2.24) is 9.47 Å². The third kappa shape index (κ3) is 2.89. The van der Waals surface area contributed by atoms with Gasteiger partial charge in [-0.1, -0.05) is 0 Å². The maximum absolute atomic E-state index is 15.2. The zero-order valence-electron chi connectivity index (χ0n) is 16.5. The molecule has 1 saturated heterocycles. The maximum Gasteiger partial charge on any atom is 0.341 e. The number of anilines is 1. The standard InChI is InChI=1S/C21H26FN3O3/c1-12-4-5-14-18-15(20(26)16(21(27)28)11-25(12)18)10-17(22)19(14)24-8-6-13(7-9-24)23(2)3/h10-13H,4-9H2,1-3H3,(H,27,28). The predicted molar refractivity (Wildman–Crippen MR) is 107 cm³/mol.